The van der Waals surface area contributed by atoms with Crippen LogP contribution in [0.2, 0.25) is 0 Å². The van der Waals surface area contributed by atoms with Gasteiger partial charge in [-0.25, -0.2) is 8.78 Å². The van der Waals surface area contributed by atoms with Gasteiger partial charge in [-0.3, -0.25) is 14.6 Å². The van der Waals surface area contributed by atoms with Gasteiger partial charge in [-0.15, -0.1) is 0 Å². The number of nitrogens with one attached hydrogen (secondary N) is 1. The van der Waals surface area contributed by atoms with E-state index in [9.17, 15) is 13.6 Å². The van der Waals surface area contributed by atoms with Crippen LogP contribution >= 0.6 is 0 Å². The Labute approximate surface area is 158 Å². The highest BCUT2D eigenvalue weighted by Crippen LogP contribution is 2.16. The molecule has 2 aromatic carbocycles. The number of aryl methyl sites for hydroxylation is 1. The zero-order valence-electron chi connectivity index (χ0n) is 15.7. The Kier molecular flexibility index (Phi) is 6.19. The molecule has 1 amide bonds. The van der Waals surface area contributed by atoms with Gasteiger partial charge < -0.3 is 5.32 Å². The number of piperazine rings is 1. The molecule has 1 unspecified atom stereocenters. The van der Waals surface area contributed by atoms with Gasteiger partial charge in [0.25, 0.3) is 0 Å². The maximum Gasteiger partial charge on any atom is 0.241 e. The predicted octanol–water partition coefficient (Wildman–Crippen LogP) is 3.42. The van der Waals surface area contributed by atoms with E-state index in [2.05, 4.69) is 40.2 Å². The molecule has 0 spiro atoms. The van der Waals surface area contributed by atoms with Gasteiger partial charge in [0.15, 0.2) is 11.6 Å². The third-order valence-corrected chi connectivity index (χ3v) is 5.18. The second kappa shape index (κ2) is 8.59. The summed E-state index contributed by atoms with van der Waals surface area (Å²) in [5.74, 6) is -2.11. The monoisotopic (exact) mass is 373 g/mol. The smallest absolute Gasteiger partial charge is 0.241 e. The lowest BCUT2D eigenvalue weighted by Crippen LogP contribution is -2.52. The highest BCUT2D eigenvalue weighted by Gasteiger charge is 2.26. The summed E-state index contributed by atoms with van der Waals surface area (Å²) in [5, 5.41) is 2.66. The van der Waals surface area contributed by atoms with Crippen molar-refractivity contribution < 1.29 is 13.6 Å². The molecule has 0 aliphatic carbocycles. The number of halogens is 2. The lowest BCUT2D eigenvalue weighted by atomic mass is 10.1. The minimum atomic E-state index is -0.967. The molecule has 1 aliphatic rings. The molecule has 1 saturated heterocycles. The van der Waals surface area contributed by atoms with Crippen LogP contribution in [0.25, 0.3) is 0 Å². The quantitative estimate of drug-likeness (QED) is 0.872. The molecule has 1 atom stereocenters. The van der Waals surface area contributed by atoms with Gasteiger partial charge in [0.2, 0.25) is 5.91 Å². The average Bonchev–Trinajstić information content (AvgIpc) is 2.66. The van der Waals surface area contributed by atoms with E-state index in [0.717, 1.165) is 44.9 Å². The Bertz CT molecular complexity index is 804. The molecule has 2 aromatic rings. The van der Waals surface area contributed by atoms with Crippen molar-refractivity contribution in [2.24, 2.45) is 0 Å². The number of hydrogen-bond donors (Lipinski definition) is 1. The van der Waals surface area contributed by atoms with Crippen LogP contribution in [0.1, 0.15) is 18.1 Å². The molecule has 1 N–H and O–H groups in total. The van der Waals surface area contributed by atoms with Gasteiger partial charge >= 0.3 is 0 Å². The van der Waals surface area contributed by atoms with Gasteiger partial charge in [0, 0.05) is 44.5 Å². The number of carbonyl (C=O) groups excluding carboxylic acids is 1. The fourth-order valence-electron chi connectivity index (χ4n) is 3.32. The molecule has 1 heterocycles. The molecule has 0 bridgehead atoms. The summed E-state index contributed by atoms with van der Waals surface area (Å²) in [7, 11) is 0. The second-order valence-corrected chi connectivity index (χ2v) is 7.03. The molecular formula is C21H25F2N3O. The van der Waals surface area contributed by atoms with Crippen LogP contribution in [0.5, 0.6) is 0 Å². The summed E-state index contributed by atoms with van der Waals surface area (Å²) in [6, 6.07) is 11.4. The molecule has 0 aromatic heterocycles. The van der Waals surface area contributed by atoms with E-state index in [1.807, 2.05) is 13.0 Å². The number of benzene rings is 2. The zero-order chi connectivity index (χ0) is 19.4. The summed E-state index contributed by atoms with van der Waals surface area (Å²) in [4.78, 5) is 16.9. The van der Waals surface area contributed by atoms with E-state index in [0.29, 0.717) is 0 Å². The van der Waals surface area contributed by atoms with Crippen molar-refractivity contribution in [2.75, 3.05) is 31.5 Å². The number of amides is 1. The summed E-state index contributed by atoms with van der Waals surface area (Å²) in [5.41, 5.74) is 2.89. The Morgan fingerprint density at radius 2 is 1.78 bits per heavy atom. The van der Waals surface area contributed by atoms with Gasteiger partial charge in [-0.2, -0.15) is 0 Å². The highest BCUT2D eigenvalue weighted by atomic mass is 19.2. The minimum absolute atomic E-state index is 0.214. The Hall–Kier alpha value is -2.31. The average molecular weight is 373 g/mol. The first-order chi connectivity index (χ1) is 12.9. The normalized spacial score (nSPS) is 16.9. The number of nitrogens with zero attached hydrogens (tertiary/aromatic N) is 2. The van der Waals surface area contributed by atoms with Crippen LogP contribution in [0.3, 0.4) is 0 Å². The van der Waals surface area contributed by atoms with E-state index in [1.54, 1.807) is 0 Å². The topological polar surface area (TPSA) is 35.6 Å². The van der Waals surface area contributed by atoms with Crippen molar-refractivity contribution in [3.05, 3.63) is 65.2 Å². The Morgan fingerprint density at radius 3 is 2.44 bits per heavy atom. The van der Waals surface area contributed by atoms with Crippen LogP contribution < -0.4 is 5.32 Å². The van der Waals surface area contributed by atoms with Gasteiger partial charge in [-0.05, 0) is 37.1 Å². The Balaban J connectivity index is 1.51. The number of carbonyl (C=O) groups is 1. The zero-order valence-corrected chi connectivity index (χ0v) is 15.7. The molecule has 144 valence electrons. The Morgan fingerprint density at radius 1 is 1.07 bits per heavy atom. The van der Waals surface area contributed by atoms with Crippen LogP contribution in [0.15, 0.2) is 42.5 Å². The van der Waals surface area contributed by atoms with Crippen molar-refractivity contribution in [2.45, 2.75) is 26.4 Å². The summed E-state index contributed by atoms with van der Waals surface area (Å²) < 4.78 is 26.3. The van der Waals surface area contributed by atoms with Crippen LogP contribution in [-0.2, 0) is 11.3 Å². The SMILES string of the molecule is Cc1ccccc1CN1CCN(C(C)C(=O)Nc2ccc(F)c(F)c2)CC1. The molecule has 1 fully saturated rings. The van der Waals surface area contributed by atoms with Crippen molar-refractivity contribution in [1.82, 2.24) is 9.80 Å². The van der Waals surface area contributed by atoms with Gasteiger partial charge in [0.05, 0.1) is 6.04 Å². The van der Waals surface area contributed by atoms with Crippen LogP contribution in [0, 0.1) is 18.6 Å². The molecule has 0 saturated carbocycles. The largest absolute Gasteiger partial charge is 0.325 e. The fourth-order valence-corrected chi connectivity index (χ4v) is 3.32. The number of anilines is 1. The van der Waals surface area contributed by atoms with E-state index >= 15 is 0 Å². The number of hydrogen-bond acceptors (Lipinski definition) is 3. The highest BCUT2D eigenvalue weighted by molar-refractivity contribution is 5.94. The maximum absolute atomic E-state index is 13.3. The summed E-state index contributed by atoms with van der Waals surface area (Å²) in [6.45, 7) is 8.23. The van der Waals surface area contributed by atoms with Crippen LogP contribution in [0.4, 0.5) is 14.5 Å². The lowest BCUT2D eigenvalue weighted by Gasteiger charge is -2.37. The molecule has 4 nitrogen and oxygen atoms in total. The fraction of sp³-hybridized carbons (Fsp3) is 0.381. The van der Waals surface area contributed by atoms with Crippen molar-refractivity contribution in [3.63, 3.8) is 0 Å². The first-order valence-electron chi connectivity index (χ1n) is 9.21. The second-order valence-electron chi connectivity index (χ2n) is 7.03. The van der Waals surface area contributed by atoms with Crippen LogP contribution in [-0.4, -0.2) is 47.9 Å². The lowest BCUT2D eigenvalue weighted by molar-refractivity contribution is -0.121. The maximum atomic E-state index is 13.3. The molecule has 1 aliphatic heterocycles. The standard InChI is InChI=1S/C21H25F2N3O/c1-15-5-3-4-6-17(15)14-25-9-11-26(12-10-25)16(2)21(27)24-18-7-8-19(22)20(23)13-18/h3-8,13,16H,9-12,14H2,1-2H3,(H,24,27). The number of rotatable bonds is 5. The minimum Gasteiger partial charge on any atom is -0.325 e. The third-order valence-electron chi connectivity index (χ3n) is 5.18. The molecule has 3 rings (SSSR count). The molecule has 6 heteroatoms. The first kappa shape index (κ1) is 19.5. The van der Waals surface area contributed by atoms with E-state index in [4.69, 9.17) is 0 Å². The first-order valence-corrected chi connectivity index (χ1v) is 9.21. The summed E-state index contributed by atoms with van der Waals surface area (Å²) >= 11 is 0. The van der Waals surface area contributed by atoms with Gasteiger partial charge in [0.1, 0.15) is 0 Å². The molecule has 27 heavy (non-hydrogen) atoms. The van der Waals surface area contributed by atoms with E-state index in [1.165, 1.54) is 17.2 Å². The summed E-state index contributed by atoms with van der Waals surface area (Å²) in [6.07, 6.45) is 0. The van der Waals surface area contributed by atoms with Crippen molar-refractivity contribution >= 4 is 11.6 Å². The molecule has 0 radical (unpaired) electrons. The van der Waals surface area contributed by atoms with Crippen molar-refractivity contribution in [1.29, 1.82) is 0 Å². The van der Waals surface area contributed by atoms with E-state index in [-0.39, 0.29) is 17.6 Å². The third kappa shape index (κ3) is 4.90. The predicted molar refractivity (Wildman–Crippen MR) is 102 cm³/mol. The van der Waals surface area contributed by atoms with Gasteiger partial charge in [-0.1, -0.05) is 24.3 Å². The van der Waals surface area contributed by atoms with E-state index < -0.39 is 11.6 Å². The van der Waals surface area contributed by atoms with Crippen molar-refractivity contribution in [3.8, 4) is 0 Å². The molecular weight excluding hydrogens is 348 g/mol.